The molecule has 0 fully saturated rings. The van der Waals surface area contributed by atoms with Crippen LogP contribution >= 0.6 is 0 Å². The zero-order valence-corrected chi connectivity index (χ0v) is 9.37. The van der Waals surface area contributed by atoms with Crippen molar-refractivity contribution in [1.29, 1.82) is 0 Å². The molecule has 0 bridgehead atoms. The van der Waals surface area contributed by atoms with Gasteiger partial charge in [-0.25, -0.2) is 4.79 Å². The van der Waals surface area contributed by atoms with Gasteiger partial charge < -0.3 is 20.9 Å². The van der Waals surface area contributed by atoms with Gasteiger partial charge in [0.25, 0.3) is 0 Å². The summed E-state index contributed by atoms with van der Waals surface area (Å²) >= 11 is 0. The van der Waals surface area contributed by atoms with Gasteiger partial charge in [0.15, 0.2) is 0 Å². The van der Waals surface area contributed by atoms with Crippen molar-refractivity contribution in [1.82, 2.24) is 5.32 Å². The molecule has 0 aromatic rings. The summed E-state index contributed by atoms with van der Waals surface area (Å²) in [7, 11) is 0. The first-order chi connectivity index (χ1) is 7.18. The highest BCUT2D eigenvalue weighted by atomic mass is 16.5. The molecule has 0 aromatic carbocycles. The monoisotopic (exact) mass is 218 g/mol. The Labute approximate surface area is 91.0 Å². The van der Waals surface area contributed by atoms with E-state index in [1.807, 2.05) is 0 Å². The van der Waals surface area contributed by atoms with E-state index in [2.05, 4.69) is 5.32 Å². The lowest BCUT2D eigenvalue weighted by Crippen LogP contribution is -2.22. The maximum Gasteiger partial charge on any atom is 0.334 e. The molecular formula is C10H22N2O3. The van der Waals surface area contributed by atoms with Gasteiger partial charge in [0.2, 0.25) is 0 Å². The van der Waals surface area contributed by atoms with Gasteiger partial charge in [-0.1, -0.05) is 0 Å². The number of carbonyl (C=O) groups is 1. The highest BCUT2D eigenvalue weighted by molar-refractivity contribution is 5.73. The summed E-state index contributed by atoms with van der Waals surface area (Å²) in [6.07, 6.45) is 1.84. The number of carbonyl (C=O) groups excluding carboxylic acids is 1. The zero-order chi connectivity index (χ0) is 11.5. The van der Waals surface area contributed by atoms with Crippen LogP contribution in [0.1, 0.15) is 26.2 Å². The first-order valence-electron chi connectivity index (χ1n) is 5.44. The number of rotatable bonds is 9. The summed E-state index contributed by atoms with van der Waals surface area (Å²) in [5.41, 5.74) is 5.34. The Hall–Kier alpha value is -0.650. The van der Waals surface area contributed by atoms with Crippen LogP contribution in [0.2, 0.25) is 0 Å². The van der Waals surface area contributed by atoms with E-state index in [4.69, 9.17) is 15.6 Å². The van der Waals surface area contributed by atoms with Crippen molar-refractivity contribution < 1.29 is 14.6 Å². The predicted octanol–water partition coefficient (Wildman–Crippen LogP) is -0.371. The molecule has 5 nitrogen and oxygen atoms in total. The molecule has 0 aliphatic rings. The van der Waals surface area contributed by atoms with E-state index >= 15 is 0 Å². The second-order valence-electron chi connectivity index (χ2n) is 3.44. The molecule has 5 heteroatoms. The predicted molar refractivity (Wildman–Crippen MR) is 58.4 cm³/mol. The Morgan fingerprint density at radius 2 is 2.07 bits per heavy atom. The summed E-state index contributed by atoms with van der Waals surface area (Å²) in [5, 5.41) is 12.0. The van der Waals surface area contributed by atoms with Crippen molar-refractivity contribution in [3.63, 3.8) is 0 Å². The topological polar surface area (TPSA) is 84.6 Å². The molecule has 0 aliphatic heterocycles. The Morgan fingerprint density at radius 3 is 2.67 bits per heavy atom. The molecule has 15 heavy (non-hydrogen) atoms. The van der Waals surface area contributed by atoms with Gasteiger partial charge in [0, 0.05) is 0 Å². The largest absolute Gasteiger partial charge is 0.464 e. The first kappa shape index (κ1) is 14.3. The summed E-state index contributed by atoms with van der Waals surface area (Å²) in [4.78, 5) is 10.8. The molecule has 0 saturated carbocycles. The van der Waals surface area contributed by atoms with Crippen molar-refractivity contribution >= 4 is 5.97 Å². The second kappa shape index (κ2) is 9.89. The van der Waals surface area contributed by atoms with E-state index in [9.17, 15) is 4.79 Å². The smallest absolute Gasteiger partial charge is 0.334 e. The number of hydrogen-bond donors (Lipinski definition) is 3. The van der Waals surface area contributed by atoms with Crippen LogP contribution in [0.3, 0.4) is 0 Å². The SMILES string of the molecule is CC(O)C(=O)OCCCNCCCCN. The van der Waals surface area contributed by atoms with E-state index in [1.54, 1.807) is 0 Å². The molecule has 0 aliphatic carbocycles. The minimum Gasteiger partial charge on any atom is -0.464 e. The Kier molecular flexibility index (Phi) is 9.46. The minimum atomic E-state index is -1.03. The standard InChI is InChI=1S/C10H22N2O3/c1-9(13)10(14)15-8-4-7-12-6-3-2-5-11/h9,12-13H,2-8,11H2,1H3. The fourth-order valence-electron chi connectivity index (χ4n) is 1.01. The molecule has 0 saturated heterocycles. The average Bonchev–Trinajstić information content (AvgIpc) is 2.21. The van der Waals surface area contributed by atoms with Crippen LogP contribution in [0.4, 0.5) is 0 Å². The van der Waals surface area contributed by atoms with Crippen molar-refractivity contribution in [3.05, 3.63) is 0 Å². The second-order valence-corrected chi connectivity index (χ2v) is 3.44. The van der Waals surface area contributed by atoms with E-state index in [0.717, 1.165) is 38.9 Å². The number of esters is 1. The van der Waals surface area contributed by atoms with Crippen molar-refractivity contribution in [2.45, 2.75) is 32.3 Å². The quantitative estimate of drug-likeness (QED) is 0.363. The van der Waals surface area contributed by atoms with Crippen molar-refractivity contribution in [2.75, 3.05) is 26.2 Å². The number of unbranched alkanes of at least 4 members (excludes halogenated alkanes) is 1. The van der Waals surface area contributed by atoms with Crippen LogP contribution < -0.4 is 11.1 Å². The summed E-state index contributed by atoms with van der Waals surface area (Å²) in [6, 6.07) is 0. The highest BCUT2D eigenvalue weighted by Crippen LogP contribution is 1.89. The molecule has 0 spiro atoms. The number of nitrogens with two attached hydrogens (primary N) is 1. The average molecular weight is 218 g/mol. The van der Waals surface area contributed by atoms with Gasteiger partial charge in [-0.2, -0.15) is 0 Å². The van der Waals surface area contributed by atoms with Gasteiger partial charge in [-0.05, 0) is 45.8 Å². The lowest BCUT2D eigenvalue weighted by Gasteiger charge is -2.07. The molecule has 1 unspecified atom stereocenters. The maximum absolute atomic E-state index is 10.8. The third-order valence-corrected chi connectivity index (χ3v) is 1.89. The molecule has 0 rings (SSSR count). The molecule has 0 radical (unpaired) electrons. The van der Waals surface area contributed by atoms with Gasteiger partial charge in [0.05, 0.1) is 6.61 Å². The Morgan fingerprint density at radius 1 is 1.40 bits per heavy atom. The summed E-state index contributed by atoms with van der Waals surface area (Å²) in [6.45, 7) is 4.24. The van der Waals surface area contributed by atoms with Gasteiger partial charge in [-0.15, -0.1) is 0 Å². The van der Waals surface area contributed by atoms with Crippen LogP contribution in [0.25, 0.3) is 0 Å². The number of nitrogens with one attached hydrogen (secondary N) is 1. The van der Waals surface area contributed by atoms with Crippen LogP contribution in [-0.4, -0.2) is 43.4 Å². The number of ether oxygens (including phenoxy) is 1. The molecule has 0 heterocycles. The minimum absolute atomic E-state index is 0.355. The molecule has 90 valence electrons. The lowest BCUT2D eigenvalue weighted by molar-refractivity contribution is -0.152. The summed E-state index contributed by atoms with van der Waals surface area (Å²) in [5.74, 6) is -0.557. The van der Waals surface area contributed by atoms with Gasteiger partial charge in [-0.3, -0.25) is 0 Å². The van der Waals surface area contributed by atoms with Gasteiger partial charge >= 0.3 is 5.97 Å². The first-order valence-corrected chi connectivity index (χ1v) is 5.44. The van der Waals surface area contributed by atoms with Crippen LogP contribution in [0.5, 0.6) is 0 Å². The fourth-order valence-corrected chi connectivity index (χ4v) is 1.01. The van der Waals surface area contributed by atoms with Crippen LogP contribution in [0, 0.1) is 0 Å². The molecule has 1 atom stereocenters. The normalized spacial score (nSPS) is 12.5. The zero-order valence-electron chi connectivity index (χ0n) is 9.37. The Balaban J connectivity index is 3.08. The lowest BCUT2D eigenvalue weighted by atomic mass is 10.3. The summed E-state index contributed by atoms with van der Waals surface area (Å²) < 4.78 is 4.78. The molecule has 4 N–H and O–H groups in total. The van der Waals surface area contributed by atoms with E-state index in [-0.39, 0.29) is 0 Å². The van der Waals surface area contributed by atoms with E-state index < -0.39 is 12.1 Å². The molecular weight excluding hydrogens is 196 g/mol. The number of hydrogen-bond acceptors (Lipinski definition) is 5. The Bertz CT molecular complexity index is 163. The molecule has 0 aromatic heterocycles. The van der Waals surface area contributed by atoms with Crippen LogP contribution in [0.15, 0.2) is 0 Å². The van der Waals surface area contributed by atoms with Gasteiger partial charge in [0.1, 0.15) is 6.10 Å². The third kappa shape index (κ3) is 9.65. The van der Waals surface area contributed by atoms with E-state index in [1.165, 1.54) is 6.92 Å². The van der Waals surface area contributed by atoms with Crippen molar-refractivity contribution in [3.8, 4) is 0 Å². The van der Waals surface area contributed by atoms with E-state index in [0.29, 0.717) is 6.61 Å². The molecule has 0 amide bonds. The van der Waals surface area contributed by atoms with Crippen LogP contribution in [-0.2, 0) is 9.53 Å². The maximum atomic E-state index is 10.8. The third-order valence-electron chi connectivity index (χ3n) is 1.89. The number of aliphatic hydroxyl groups excluding tert-OH is 1. The fraction of sp³-hybridized carbons (Fsp3) is 0.900. The van der Waals surface area contributed by atoms with Crippen molar-refractivity contribution in [2.24, 2.45) is 5.73 Å². The highest BCUT2D eigenvalue weighted by Gasteiger charge is 2.08. The number of aliphatic hydroxyl groups is 1.